The molecule has 1 N–H and O–H groups in total. The third-order valence-corrected chi connectivity index (χ3v) is 11.0. The Morgan fingerprint density at radius 2 is 1.82 bits per heavy atom. The molecule has 0 saturated heterocycles. The number of hydrogen-bond acceptors (Lipinski definition) is 4. The van der Waals surface area contributed by atoms with Crippen molar-refractivity contribution in [1.29, 1.82) is 0 Å². The fourth-order valence-electron chi connectivity index (χ4n) is 7.85. The summed E-state index contributed by atoms with van der Waals surface area (Å²) in [5.74, 6) is 3.45. The molecule has 0 heterocycles. The van der Waals surface area contributed by atoms with Crippen LogP contribution in [0.2, 0.25) is 0 Å². The monoisotopic (exact) mass is 432 g/mol. The van der Waals surface area contributed by atoms with E-state index in [-0.39, 0.29) is 35.5 Å². The zero-order valence-corrected chi connectivity index (χ0v) is 18.3. The molecule has 28 heavy (non-hydrogen) atoms. The van der Waals surface area contributed by atoms with Gasteiger partial charge in [0, 0.05) is 16.7 Å². The zero-order valence-electron chi connectivity index (χ0n) is 16.7. The van der Waals surface area contributed by atoms with E-state index in [1.54, 1.807) is 0 Å². The van der Waals surface area contributed by atoms with Crippen molar-refractivity contribution in [3.63, 3.8) is 0 Å². The minimum absolute atomic E-state index is 0.0109. The van der Waals surface area contributed by atoms with Gasteiger partial charge in [0.15, 0.2) is 0 Å². The van der Waals surface area contributed by atoms with Crippen LogP contribution in [0.25, 0.3) is 0 Å². The Hall–Kier alpha value is -0.140. The third-order valence-electron chi connectivity index (χ3n) is 9.02. The van der Waals surface area contributed by atoms with Crippen molar-refractivity contribution in [2.24, 2.45) is 46.8 Å². The highest BCUT2D eigenvalue weighted by Gasteiger charge is 2.58. The Morgan fingerprint density at radius 1 is 1.07 bits per heavy atom. The van der Waals surface area contributed by atoms with E-state index in [9.17, 15) is 17.6 Å². The Bertz CT molecular complexity index is 711. The number of ketones is 1. The van der Waals surface area contributed by atoms with Gasteiger partial charge >= 0.3 is 9.15 Å². The number of fused-ring (bicyclic) bond motifs is 5. The summed E-state index contributed by atoms with van der Waals surface area (Å²) in [6.45, 7) is 2.09. The lowest BCUT2D eigenvalue weighted by atomic mass is 9.49. The van der Waals surface area contributed by atoms with Crippen LogP contribution in [0.3, 0.4) is 0 Å². The van der Waals surface area contributed by atoms with Crippen LogP contribution in [0.15, 0.2) is 0 Å². The molecule has 0 aromatic carbocycles. The summed E-state index contributed by atoms with van der Waals surface area (Å²) in [4.78, 5) is 12.8. The molecular weight excluding hydrogens is 399 g/mol. The summed E-state index contributed by atoms with van der Waals surface area (Å²) < 4.78 is 44.2. The van der Waals surface area contributed by atoms with Crippen LogP contribution in [-0.4, -0.2) is 31.2 Å². The minimum atomic E-state index is -4.17. The van der Waals surface area contributed by atoms with Gasteiger partial charge in [-0.05, 0) is 98.7 Å². The maximum atomic E-state index is 13.2. The lowest BCUT2D eigenvalue weighted by molar-refractivity contribution is -0.128. The highest BCUT2D eigenvalue weighted by Crippen LogP contribution is 2.64. The van der Waals surface area contributed by atoms with Crippen molar-refractivity contribution in [1.82, 2.24) is 0 Å². The quantitative estimate of drug-likeness (QED) is 0.492. The molecule has 0 spiro atoms. The first kappa shape index (κ1) is 21.1. The second kappa shape index (κ2) is 7.84. The van der Waals surface area contributed by atoms with Crippen LogP contribution in [0.1, 0.15) is 64.7 Å². The van der Waals surface area contributed by atoms with Gasteiger partial charge in [0.2, 0.25) is 0 Å². The molecule has 4 aliphatic rings. The first-order valence-electron chi connectivity index (χ1n) is 10.9. The topological polar surface area (TPSA) is 71.4 Å². The Labute approximate surface area is 171 Å². The van der Waals surface area contributed by atoms with Gasteiger partial charge in [0.1, 0.15) is 5.78 Å². The van der Waals surface area contributed by atoms with Gasteiger partial charge in [-0.25, -0.2) is 0 Å². The fourth-order valence-corrected chi connectivity index (χ4v) is 9.11. The second-order valence-electron chi connectivity index (χ2n) is 10.1. The molecule has 0 bridgehead atoms. The molecule has 8 atom stereocenters. The van der Waals surface area contributed by atoms with Crippen LogP contribution in [0.5, 0.6) is 0 Å². The summed E-state index contributed by atoms with van der Waals surface area (Å²) in [5.41, 5.74) is -0.0268. The normalized spacial score (nSPS) is 45.8. The Kier molecular flexibility index (Phi) is 5.91. The van der Waals surface area contributed by atoms with E-state index in [1.807, 2.05) is 0 Å². The summed E-state index contributed by atoms with van der Waals surface area (Å²) in [6, 6.07) is 0. The average molecular weight is 433 g/mol. The molecular formula is C21H33FO4S2. The predicted molar refractivity (Wildman–Crippen MR) is 109 cm³/mol. The van der Waals surface area contributed by atoms with Gasteiger partial charge in [0.05, 0.1) is 12.4 Å². The van der Waals surface area contributed by atoms with Crippen molar-refractivity contribution in [2.45, 2.75) is 64.7 Å². The van der Waals surface area contributed by atoms with Crippen LogP contribution >= 0.6 is 10.8 Å². The lowest BCUT2D eigenvalue weighted by Crippen LogP contribution is -2.49. The molecule has 4 fully saturated rings. The molecule has 0 aromatic rings. The second-order valence-corrected chi connectivity index (χ2v) is 13.5. The maximum absolute atomic E-state index is 13.2. The van der Waals surface area contributed by atoms with E-state index in [2.05, 4.69) is 6.92 Å². The summed E-state index contributed by atoms with van der Waals surface area (Å²) in [7, 11) is -3.81. The van der Waals surface area contributed by atoms with Crippen molar-refractivity contribution >= 4 is 25.7 Å². The SMILES string of the molecule is C[C@]12CCC3C(CCC4C[C@@H](CF)CC[C@@H]43)C1CC[C@@H]2C(=O)CSS(=O)(=O)O. The summed E-state index contributed by atoms with van der Waals surface area (Å²) in [6.07, 6.45) is 9.84. The van der Waals surface area contributed by atoms with Crippen molar-refractivity contribution in [3.8, 4) is 0 Å². The standard InChI is InChI=1S/C21H33FO4S2/c1-21-9-8-16-15-4-2-13(11-22)10-14(15)3-5-17(16)18(21)6-7-19(21)20(23)12-27-28(24,25)26/h13-19H,2-12H2,1H3,(H,24,25,26)/t13-,14?,15-,16?,17?,18?,19+,21-/m0/s1. The van der Waals surface area contributed by atoms with Gasteiger partial charge in [-0.15, -0.1) is 0 Å². The Balaban J connectivity index is 1.46. The number of rotatable bonds is 5. The molecule has 4 aliphatic carbocycles. The Morgan fingerprint density at radius 3 is 2.54 bits per heavy atom. The molecule has 7 heteroatoms. The lowest BCUT2D eigenvalue weighted by Gasteiger charge is -2.56. The minimum Gasteiger partial charge on any atom is -0.298 e. The molecule has 0 aliphatic heterocycles. The number of carbonyl (C=O) groups excluding carboxylic acids is 1. The van der Waals surface area contributed by atoms with E-state index in [4.69, 9.17) is 4.55 Å². The van der Waals surface area contributed by atoms with E-state index in [0.717, 1.165) is 50.4 Å². The predicted octanol–water partition coefficient (Wildman–Crippen LogP) is 4.95. The van der Waals surface area contributed by atoms with Crippen molar-refractivity contribution < 1.29 is 22.2 Å². The average Bonchev–Trinajstić information content (AvgIpc) is 3.02. The van der Waals surface area contributed by atoms with E-state index in [1.165, 1.54) is 19.3 Å². The third kappa shape index (κ3) is 3.80. The number of hydrogen-bond donors (Lipinski definition) is 1. The molecule has 0 aromatic heterocycles. The molecule has 4 saturated carbocycles. The highest BCUT2D eigenvalue weighted by atomic mass is 33.1. The molecule has 0 amide bonds. The van der Waals surface area contributed by atoms with Gasteiger partial charge in [-0.1, -0.05) is 6.92 Å². The van der Waals surface area contributed by atoms with Crippen LogP contribution in [-0.2, 0) is 13.9 Å². The van der Waals surface area contributed by atoms with Gasteiger partial charge in [-0.3, -0.25) is 13.7 Å². The number of carbonyl (C=O) groups is 1. The number of alkyl halides is 1. The first-order chi connectivity index (χ1) is 13.2. The first-order valence-corrected chi connectivity index (χ1v) is 13.9. The number of halogens is 1. The molecule has 160 valence electrons. The molecule has 4 rings (SSSR count). The van der Waals surface area contributed by atoms with Crippen LogP contribution < -0.4 is 0 Å². The van der Waals surface area contributed by atoms with Gasteiger partial charge in [-0.2, -0.15) is 8.42 Å². The summed E-state index contributed by atoms with van der Waals surface area (Å²) in [5, 5.41) is 0. The van der Waals surface area contributed by atoms with Gasteiger partial charge < -0.3 is 0 Å². The largest absolute Gasteiger partial charge is 0.320 e. The maximum Gasteiger partial charge on any atom is 0.320 e. The molecule has 4 unspecified atom stereocenters. The summed E-state index contributed by atoms with van der Waals surface area (Å²) >= 11 is 0. The van der Waals surface area contributed by atoms with Gasteiger partial charge in [0.25, 0.3) is 0 Å². The number of Topliss-reactive ketones (excluding diaryl/α,β-unsaturated/α-hetero) is 1. The van der Waals surface area contributed by atoms with Crippen molar-refractivity contribution in [2.75, 3.05) is 12.4 Å². The van der Waals surface area contributed by atoms with Crippen LogP contribution in [0.4, 0.5) is 4.39 Å². The zero-order chi connectivity index (χ0) is 20.1. The smallest absolute Gasteiger partial charge is 0.298 e. The molecule has 0 radical (unpaired) electrons. The molecule has 4 nitrogen and oxygen atoms in total. The van der Waals surface area contributed by atoms with Crippen LogP contribution in [0, 0.1) is 46.8 Å². The highest BCUT2D eigenvalue weighted by molar-refractivity contribution is 8.70. The van der Waals surface area contributed by atoms with Crippen molar-refractivity contribution in [3.05, 3.63) is 0 Å². The van der Waals surface area contributed by atoms with E-state index < -0.39 is 9.15 Å². The van der Waals surface area contributed by atoms with E-state index >= 15 is 0 Å². The van der Waals surface area contributed by atoms with E-state index in [0.29, 0.717) is 28.5 Å². The fraction of sp³-hybridized carbons (Fsp3) is 0.952.